The molecule has 24 heavy (non-hydrogen) atoms. The number of para-hydroxylation sites is 1. The van der Waals surface area contributed by atoms with Crippen LogP contribution in [-0.2, 0) is 9.53 Å². The number of methoxy groups -OCH3 is 1. The van der Waals surface area contributed by atoms with Gasteiger partial charge in [-0.25, -0.2) is 0 Å². The van der Waals surface area contributed by atoms with Crippen LogP contribution in [0.1, 0.15) is 23.1 Å². The molecular formula is C20H21NO3. The Kier molecular flexibility index (Phi) is 3.57. The highest BCUT2D eigenvalue weighted by Gasteiger charge is 2.62. The molecular weight excluding hydrogens is 302 g/mol. The Morgan fingerprint density at radius 1 is 1.17 bits per heavy atom. The number of carbonyl (C=O) groups excluding carboxylic acids is 1. The van der Waals surface area contributed by atoms with Gasteiger partial charge in [0.05, 0.1) is 13.2 Å². The van der Waals surface area contributed by atoms with Crippen LogP contribution < -0.4 is 4.74 Å². The number of carbonyl (C=O) groups is 1. The molecule has 124 valence electrons. The van der Waals surface area contributed by atoms with Crippen molar-refractivity contribution in [1.82, 2.24) is 4.90 Å². The lowest BCUT2D eigenvalue weighted by Gasteiger charge is -2.42. The SMILES string of the molecule is COC(=O)[C@]12COc3ccccc3[C@H]1N(C)C[C@H]2c1ccccc1. The Morgan fingerprint density at radius 3 is 2.62 bits per heavy atom. The van der Waals surface area contributed by atoms with E-state index >= 15 is 0 Å². The van der Waals surface area contributed by atoms with Crippen molar-refractivity contribution in [3.05, 3.63) is 65.7 Å². The molecule has 2 heterocycles. The monoisotopic (exact) mass is 323 g/mol. The Morgan fingerprint density at radius 2 is 1.88 bits per heavy atom. The number of ether oxygens (including phenoxy) is 2. The predicted octanol–water partition coefficient (Wildman–Crippen LogP) is 3.01. The third-order valence-corrected chi connectivity index (χ3v) is 5.47. The van der Waals surface area contributed by atoms with Crippen LogP contribution in [0, 0.1) is 5.41 Å². The molecule has 0 aliphatic carbocycles. The number of nitrogens with zero attached hydrogens (tertiary/aromatic N) is 1. The molecule has 2 aromatic rings. The summed E-state index contributed by atoms with van der Waals surface area (Å²) >= 11 is 0. The number of benzene rings is 2. The molecule has 4 nitrogen and oxygen atoms in total. The first-order valence-electron chi connectivity index (χ1n) is 8.24. The number of hydrogen-bond donors (Lipinski definition) is 0. The highest BCUT2D eigenvalue weighted by molar-refractivity contribution is 5.81. The van der Waals surface area contributed by atoms with Crippen molar-refractivity contribution >= 4 is 5.97 Å². The summed E-state index contributed by atoms with van der Waals surface area (Å²) < 4.78 is 11.3. The maximum Gasteiger partial charge on any atom is 0.317 e. The van der Waals surface area contributed by atoms with E-state index in [4.69, 9.17) is 9.47 Å². The second-order valence-electron chi connectivity index (χ2n) is 6.66. The van der Waals surface area contributed by atoms with Gasteiger partial charge in [-0.1, -0.05) is 48.5 Å². The quantitative estimate of drug-likeness (QED) is 0.797. The highest BCUT2D eigenvalue weighted by Crippen LogP contribution is 2.58. The summed E-state index contributed by atoms with van der Waals surface area (Å²) in [5.41, 5.74) is 1.49. The first kappa shape index (κ1) is 15.2. The molecule has 2 aromatic carbocycles. The number of likely N-dealkylation sites (tertiary alicyclic amines) is 1. The molecule has 0 aromatic heterocycles. The minimum absolute atomic E-state index is 0.0366. The van der Waals surface area contributed by atoms with Crippen molar-refractivity contribution in [2.45, 2.75) is 12.0 Å². The van der Waals surface area contributed by atoms with E-state index in [9.17, 15) is 4.79 Å². The Bertz CT molecular complexity index is 760. The molecule has 4 heteroatoms. The molecule has 0 bridgehead atoms. The van der Waals surface area contributed by atoms with Crippen LogP contribution in [-0.4, -0.2) is 38.2 Å². The van der Waals surface area contributed by atoms with Crippen LogP contribution in [0.15, 0.2) is 54.6 Å². The smallest absolute Gasteiger partial charge is 0.317 e. The van der Waals surface area contributed by atoms with Crippen molar-refractivity contribution in [1.29, 1.82) is 0 Å². The van der Waals surface area contributed by atoms with Crippen LogP contribution in [0.25, 0.3) is 0 Å². The fourth-order valence-corrected chi connectivity index (χ4v) is 4.46. The topological polar surface area (TPSA) is 38.8 Å². The van der Waals surface area contributed by atoms with Crippen molar-refractivity contribution in [3.8, 4) is 5.75 Å². The van der Waals surface area contributed by atoms with Crippen LogP contribution in [0.2, 0.25) is 0 Å². The summed E-state index contributed by atoms with van der Waals surface area (Å²) in [6.45, 7) is 1.13. The second-order valence-corrected chi connectivity index (χ2v) is 6.66. The van der Waals surface area contributed by atoms with Crippen LogP contribution in [0.5, 0.6) is 5.75 Å². The Balaban J connectivity index is 1.90. The second kappa shape index (κ2) is 5.64. The number of hydrogen-bond acceptors (Lipinski definition) is 4. The van der Waals surface area contributed by atoms with Gasteiger partial charge in [-0.05, 0) is 18.7 Å². The molecule has 0 radical (unpaired) electrons. The molecule has 2 aliphatic rings. The Hall–Kier alpha value is -2.33. The van der Waals surface area contributed by atoms with Gasteiger partial charge in [-0.3, -0.25) is 9.69 Å². The lowest BCUT2D eigenvalue weighted by Crippen LogP contribution is -2.48. The predicted molar refractivity (Wildman–Crippen MR) is 90.9 cm³/mol. The molecule has 2 aliphatic heterocycles. The van der Waals surface area contributed by atoms with Gasteiger partial charge >= 0.3 is 5.97 Å². The zero-order valence-corrected chi connectivity index (χ0v) is 13.9. The van der Waals surface area contributed by atoms with Gasteiger partial charge in [-0.15, -0.1) is 0 Å². The summed E-state index contributed by atoms with van der Waals surface area (Å²) in [5, 5.41) is 0. The lowest BCUT2D eigenvalue weighted by molar-refractivity contribution is -0.159. The summed E-state index contributed by atoms with van der Waals surface area (Å²) in [4.78, 5) is 15.2. The molecule has 1 fully saturated rings. The average Bonchev–Trinajstić information content (AvgIpc) is 2.96. The molecule has 0 spiro atoms. The molecule has 3 atom stereocenters. The van der Waals surface area contributed by atoms with E-state index in [0.717, 1.165) is 23.4 Å². The summed E-state index contributed by atoms with van der Waals surface area (Å²) in [7, 11) is 3.54. The van der Waals surface area contributed by atoms with Crippen LogP contribution >= 0.6 is 0 Å². The largest absolute Gasteiger partial charge is 0.492 e. The first-order valence-corrected chi connectivity index (χ1v) is 8.24. The first-order chi connectivity index (χ1) is 11.7. The van der Waals surface area contributed by atoms with Gasteiger partial charge in [0, 0.05) is 18.0 Å². The van der Waals surface area contributed by atoms with Gasteiger partial charge in [0.1, 0.15) is 17.8 Å². The number of likely N-dealkylation sites (N-methyl/N-ethyl adjacent to an activating group) is 1. The maximum absolute atomic E-state index is 13.0. The van der Waals surface area contributed by atoms with Gasteiger partial charge in [0.2, 0.25) is 0 Å². The van der Waals surface area contributed by atoms with E-state index < -0.39 is 5.41 Å². The van der Waals surface area contributed by atoms with E-state index in [1.54, 1.807) is 0 Å². The van der Waals surface area contributed by atoms with E-state index in [-0.39, 0.29) is 17.9 Å². The number of fused-ring (bicyclic) bond motifs is 3. The third-order valence-electron chi connectivity index (χ3n) is 5.47. The van der Waals surface area contributed by atoms with Gasteiger partial charge in [-0.2, -0.15) is 0 Å². The van der Waals surface area contributed by atoms with Gasteiger partial charge in [0.25, 0.3) is 0 Å². The van der Waals surface area contributed by atoms with Crippen LogP contribution in [0.3, 0.4) is 0 Å². The van der Waals surface area contributed by atoms with Crippen molar-refractivity contribution in [3.63, 3.8) is 0 Å². The maximum atomic E-state index is 13.0. The molecule has 1 saturated heterocycles. The number of rotatable bonds is 2. The minimum atomic E-state index is -0.723. The molecule has 4 rings (SSSR count). The fourth-order valence-electron chi connectivity index (χ4n) is 4.46. The van der Waals surface area contributed by atoms with Crippen LogP contribution in [0.4, 0.5) is 0 Å². The lowest BCUT2D eigenvalue weighted by atomic mass is 9.68. The van der Waals surface area contributed by atoms with E-state index in [1.807, 2.05) is 36.4 Å². The molecule has 0 unspecified atom stereocenters. The van der Waals surface area contributed by atoms with E-state index in [2.05, 4.69) is 30.1 Å². The molecule has 0 amide bonds. The summed E-state index contributed by atoms with van der Waals surface area (Å²) in [6.07, 6.45) is 0. The standard InChI is InChI=1S/C20H21NO3/c1-21-12-16(14-8-4-3-5-9-14)20(19(22)23-2)13-24-17-11-7-6-10-15(17)18(20)21/h3-11,16,18H,12-13H2,1-2H3/t16-,18+,20-/m0/s1. The fraction of sp³-hybridized carbons (Fsp3) is 0.350. The summed E-state index contributed by atoms with van der Waals surface area (Å²) in [5.74, 6) is 0.706. The third kappa shape index (κ3) is 1.99. The Labute approximate surface area is 142 Å². The van der Waals surface area contributed by atoms with Crippen molar-refractivity contribution < 1.29 is 14.3 Å². The van der Waals surface area contributed by atoms with Gasteiger partial charge in [0.15, 0.2) is 0 Å². The zero-order chi connectivity index (χ0) is 16.7. The van der Waals surface area contributed by atoms with Crippen molar-refractivity contribution in [2.24, 2.45) is 5.41 Å². The highest BCUT2D eigenvalue weighted by atomic mass is 16.5. The zero-order valence-electron chi connectivity index (χ0n) is 13.9. The minimum Gasteiger partial charge on any atom is -0.492 e. The average molecular weight is 323 g/mol. The normalized spacial score (nSPS) is 28.6. The van der Waals surface area contributed by atoms with E-state index in [0.29, 0.717) is 6.61 Å². The summed E-state index contributed by atoms with van der Waals surface area (Å²) in [6, 6.07) is 18.2. The number of esters is 1. The van der Waals surface area contributed by atoms with E-state index in [1.165, 1.54) is 7.11 Å². The van der Waals surface area contributed by atoms with Crippen molar-refractivity contribution in [2.75, 3.05) is 27.3 Å². The molecule has 0 saturated carbocycles. The van der Waals surface area contributed by atoms with Gasteiger partial charge < -0.3 is 9.47 Å². The molecule has 0 N–H and O–H groups in total.